The minimum absolute atomic E-state index is 0. The van der Waals surface area contributed by atoms with E-state index < -0.39 is 30.3 Å². The fourth-order valence-electron chi connectivity index (χ4n) is 4.32. The average Bonchev–Trinajstić information content (AvgIpc) is 3.43. The SMILES string of the molecule is Cc1nc(NCC2CC2)nc(N[C@@H]2C[C@H](C(C)O)[C@@H](O)[C@H]2O)c1-c1nc2cnccc2s1.Cl. The highest BCUT2D eigenvalue weighted by Gasteiger charge is 2.44. The van der Waals surface area contributed by atoms with Crippen molar-refractivity contribution in [3.05, 3.63) is 24.2 Å². The fourth-order valence-corrected chi connectivity index (χ4v) is 5.35. The number of nitrogens with one attached hydrogen (secondary N) is 2. The molecule has 2 fully saturated rings. The third-order valence-corrected chi connectivity index (χ3v) is 7.46. The number of aliphatic hydroxyl groups excluding tert-OH is 3. The molecule has 0 aromatic carbocycles. The maximum Gasteiger partial charge on any atom is 0.224 e. The van der Waals surface area contributed by atoms with Gasteiger partial charge in [-0.2, -0.15) is 4.98 Å². The molecule has 2 aliphatic carbocycles. The summed E-state index contributed by atoms with van der Waals surface area (Å²) >= 11 is 1.53. The van der Waals surface area contributed by atoms with Gasteiger partial charge in [0.15, 0.2) is 0 Å². The summed E-state index contributed by atoms with van der Waals surface area (Å²) in [5.74, 6) is 1.36. The van der Waals surface area contributed by atoms with Crippen molar-refractivity contribution in [2.45, 2.75) is 57.5 Å². The van der Waals surface area contributed by atoms with Gasteiger partial charge in [-0.15, -0.1) is 23.7 Å². The lowest BCUT2D eigenvalue weighted by molar-refractivity contribution is -0.0162. The minimum Gasteiger partial charge on any atom is -0.393 e. The van der Waals surface area contributed by atoms with Crippen LogP contribution in [0.2, 0.25) is 0 Å². The Balaban J connectivity index is 0.00000259. The summed E-state index contributed by atoms with van der Waals surface area (Å²) in [5.41, 5.74) is 2.34. The number of halogens is 1. The van der Waals surface area contributed by atoms with E-state index in [9.17, 15) is 15.3 Å². The molecule has 11 heteroatoms. The van der Waals surface area contributed by atoms with Crippen molar-refractivity contribution in [2.24, 2.45) is 11.8 Å². The molecule has 2 aliphatic rings. The molecule has 33 heavy (non-hydrogen) atoms. The highest BCUT2D eigenvalue weighted by Crippen LogP contribution is 2.38. The predicted octanol–water partition coefficient (Wildman–Crippen LogP) is 2.60. The molecule has 0 amide bonds. The number of hydrogen-bond donors (Lipinski definition) is 5. The first-order valence-corrected chi connectivity index (χ1v) is 11.9. The van der Waals surface area contributed by atoms with E-state index in [-0.39, 0.29) is 12.4 Å². The number of anilines is 2. The Kier molecular flexibility index (Phi) is 7.01. The lowest BCUT2D eigenvalue weighted by atomic mass is 10.00. The van der Waals surface area contributed by atoms with Crippen molar-refractivity contribution in [3.63, 3.8) is 0 Å². The van der Waals surface area contributed by atoms with Gasteiger partial charge in [-0.25, -0.2) is 9.97 Å². The second-order valence-electron chi connectivity index (χ2n) is 8.92. The Morgan fingerprint density at radius 1 is 1.18 bits per heavy atom. The van der Waals surface area contributed by atoms with Crippen LogP contribution in [0.15, 0.2) is 18.5 Å². The number of fused-ring (bicyclic) bond motifs is 1. The van der Waals surface area contributed by atoms with E-state index in [0.717, 1.165) is 33.0 Å². The van der Waals surface area contributed by atoms with Gasteiger partial charge in [0.05, 0.1) is 40.4 Å². The van der Waals surface area contributed by atoms with Gasteiger partial charge in [-0.3, -0.25) is 4.98 Å². The summed E-state index contributed by atoms with van der Waals surface area (Å²) < 4.78 is 1.02. The molecule has 0 bridgehead atoms. The van der Waals surface area contributed by atoms with Gasteiger partial charge in [-0.05, 0) is 45.1 Å². The van der Waals surface area contributed by atoms with Crippen LogP contribution in [-0.2, 0) is 0 Å². The molecule has 1 unspecified atom stereocenters. The van der Waals surface area contributed by atoms with Crippen molar-refractivity contribution in [1.82, 2.24) is 19.9 Å². The molecular weight excluding hydrogens is 464 g/mol. The molecule has 0 radical (unpaired) electrons. The van der Waals surface area contributed by atoms with Gasteiger partial charge in [0.25, 0.3) is 0 Å². The van der Waals surface area contributed by atoms with Crippen LogP contribution in [0.3, 0.4) is 0 Å². The first-order chi connectivity index (χ1) is 15.4. The number of rotatable bonds is 7. The molecule has 0 aliphatic heterocycles. The van der Waals surface area contributed by atoms with E-state index in [2.05, 4.69) is 20.6 Å². The normalized spacial score (nSPS) is 25.6. The van der Waals surface area contributed by atoms with Gasteiger partial charge < -0.3 is 26.0 Å². The molecule has 3 heterocycles. The van der Waals surface area contributed by atoms with Crippen LogP contribution in [0, 0.1) is 18.8 Å². The van der Waals surface area contributed by atoms with Gasteiger partial charge in [-0.1, -0.05) is 0 Å². The largest absolute Gasteiger partial charge is 0.393 e. The zero-order valence-corrected chi connectivity index (χ0v) is 20.1. The molecule has 5 N–H and O–H groups in total. The summed E-state index contributed by atoms with van der Waals surface area (Å²) in [6, 6.07) is 1.47. The number of thiazole rings is 1. The molecule has 3 aromatic heterocycles. The lowest BCUT2D eigenvalue weighted by Crippen LogP contribution is -2.36. The Morgan fingerprint density at radius 2 is 1.97 bits per heavy atom. The van der Waals surface area contributed by atoms with Crippen molar-refractivity contribution in [3.8, 4) is 10.6 Å². The van der Waals surface area contributed by atoms with Crippen molar-refractivity contribution < 1.29 is 15.3 Å². The van der Waals surface area contributed by atoms with Crippen LogP contribution in [0.25, 0.3) is 20.8 Å². The first-order valence-electron chi connectivity index (χ1n) is 11.0. The number of aromatic nitrogens is 4. The Labute approximate surface area is 202 Å². The summed E-state index contributed by atoms with van der Waals surface area (Å²) in [4.78, 5) is 18.3. The van der Waals surface area contributed by atoms with Crippen LogP contribution in [0.4, 0.5) is 11.8 Å². The van der Waals surface area contributed by atoms with E-state index >= 15 is 0 Å². The summed E-state index contributed by atoms with van der Waals surface area (Å²) in [5, 5.41) is 38.5. The maximum atomic E-state index is 10.6. The van der Waals surface area contributed by atoms with Crippen LogP contribution >= 0.6 is 23.7 Å². The molecule has 9 nitrogen and oxygen atoms in total. The lowest BCUT2D eigenvalue weighted by Gasteiger charge is -2.21. The standard InChI is InChI=1S/C22H28N6O3S.ClH/c1-10-17(21-27-15-9-23-6-5-16(15)32-21)20(28-22(25-10)24-8-12-3-4-12)26-14-7-13(11(2)29)18(30)19(14)31;/h5-6,9,11-14,18-19,29-31H,3-4,7-8H2,1-2H3,(H2,24,25,26,28);1H/t11?,13-,14-,18-,19+;/m1./s1. The minimum atomic E-state index is -1.01. The van der Waals surface area contributed by atoms with E-state index in [0.29, 0.717) is 24.1 Å². The molecule has 0 spiro atoms. The zero-order valence-electron chi connectivity index (χ0n) is 18.5. The van der Waals surface area contributed by atoms with Crippen LogP contribution in [0.5, 0.6) is 0 Å². The maximum absolute atomic E-state index is 10.6. The van der Waals surface area contributed by atoms with Crippen molar-refractivity contribution >= 4 is 45.7 Å². The highest BCUT2D eigenvalue weighted by molar-refractivity contribution is 7.21. The number of hydrogen-bond acceptors (Lipinski definition) is 10. The fraction of sp³-hybridized carbons (Fsp3) is 0.545. The molecule has 178 valence electrons. The van der Waals surface area contributed by atoms with E-state index in [1.54, 1.807) is 19.3 Å². The zero-order chi connectivity index (χ0) is 22.4. The molecule has 5 atom stereocenters. The summed E-state index contributed by atoms with van der Waals surface area (Å²) in [6.45, 7) is 4.39. The monoisotopic (exact) mass is 492 g/mol. The quantitative estimate of drug-likeness (QED) is 0.337. The highest BCUT2D eigenvalue weighted by atomic mass is 35.5. The summed E-state index contributed by atoms with van der Waals surface area (Å²) in [6.07, 6.45) is 3.62. The molecular formula is C22H29ClN6O3S. The third-order valence-electron chi connectivity index (χ3n) is 6.41. The van der Waals surface area contributed by atoms with E-state index in [1.165, 1.54) is 24.2 Å². The van der Waals surface area contributed by atoms with Crippen LogP contribution < -0.4 is 10.6 Å². The van der Waals surface area contributed by atoms with Crippen molar-refractivity contribution in [2.75, 3.05) is 17.2 Å². The summed E-state index contributed by atoms with van der Waals surface area (Å²) in [7, 11) is 0. The second-order valence-corrected chi connectivity index (χ2v) is 9.95. The number of aliphatic hydroxyl groups is 3. The first kappa shape index (κ1) is 24.0. The van der Waals surface area contributed by atoms with Gasteiger partial charge in [0.1, 0.15) is 22.4 Å². The Morgan fingerprint density at radius 3 is 2.64 bits per heavy atom. The number of nitrogens with zero attached hydrogens (tertiary/aromatic N) is 4. The second kappa shape index (κ2) is 9.63. The Bertz CT molecular complexity index is 1090. The molecule has 3 aromatic rings. The average molecular weight is 493 g/mol. The number of aryl methyl sites for hydroxylation is 1. The van der Waals surface area contributed by atoms with Gasteiger partial charge >= 0.3 is 0 Å². The Hall–Kier alpha value is -2.11. The van der Waals surface area contributed by atoms with Crippen molar-refractivity contribution in [1.29, 1.82) is 0 Å². The molecule has 0 saturated heterocycles. The van der Waals surface area contributed by atoms with Gasteiger partial charge in [0, 0.05) is 18.7 Å². The predicted molar refractivity (Wildman–Crippen MR) is 131 cm³/mol. The number of pyridine rings is 1. The van der Waals surface area contributed by atoms with E-state index in [4.69, 9.17) is 9.97 Å². The van der Waals surface area contributed by atoms with E-state index in [1.807, 2.05) is 13.0 Å². The van der Waals surface area contributed by atoms with Crippen LogP contribution in [-0.4, -0.2) is 66.2 Å². The molecule has 2 saturated carbocycles. The third kappa shape index (κ3) is 4.90. The topological polar surface area (TPSA) is 136 Å². The smallest absolute Gasteiger partial charge is 0.224 e. The molecule has 5 rings (SSSR count). The van der Waals surface area contributed by atoms with Crippen LogP contribution in [0.1, 0.15) is 31.9 Å². The van der Waals surface area contributed by atoms with Gasteiger partial charge in [0.2, 0.25) is 5.95 Å².